The quantitative estimate of drug-likeness (QED) is 0.901. The first-order valence-corrected chi connectivity index (χ1v) is 6.83. The molecular formula is C16H18N2O2. The highest BCUT2D eigenvalue weighted by atomic mass is 16.3. The van der Waals surface area contributed by atoms with Crippen LogP contribution in [0.4, 0.5) is 5.69 Å². The molecule has 104 valence electrons. The number of fused-ring (bicyclic) bond motifs is 1. The Kier molecular flexibility index (Phi) is 3.32. The van der Waals surface area contributed by atoms with Gasteiger partial charge >= 0.3 is 0 Å². The van der Waals surface area contributed by atoms with Crippen LogP contribution < -0.4 is 10.6 Å². The summed E-state index contributed by atoms with van der Waals surface area (Å²) in [5.74, 6) is 1.91. The zero-order valence-corrected chi connectivity index (χ0v) is 11.7. The van der Waals surface area contributed by atoms with Gasteiger partial charge in [0.2, 0.25) is 5.91 Å². The van der Waals surface area contributed by atoms with E-state index < -0.39 is 0 Å². The molecule has 1 aromatic carbocycles. The van der Waals surface area contributed by atoms with E-state index >= 15 is 0 Å². The molecule has 4 heteroatoms. The van der Waals surface area contributed by atoms with Crippen molar-refractivity contribution in [3.05, 3.63) is 53.0 Å². The summed E-state index contributed by atoms with van der Waals surface area (Å²) < 4.78 is 5.72. The van der Waals surface area contributed by atoms with E-state index in [4.69, 9.17) is 4.42 Å². The van der Waals surface area contributed by atoms with Gasteiger partial charge in [-0.15, -0.1) is 0 Å². The van der Waals surface area contributed by atoms with Crippen molar-refractivity contribution in [1.82, 2.24) is 5.32 Å². The highest BCUT2D eigenvalue weighted by Gasteiger charge is 2.19. The fraction of sp³-hybridized carbons (Fsp3) is 0.312. The van der Waals surface area contributed by atoms with Gasteiger partial charge in [0.1, 0.15) is 11.5 Å². The molecule has 2 aromatic rings. The van der Waals surface area contributed by atoms with Gasteiger partial charge in [0.15, 0.2) is 0 Å². The first-order chi connectivity index (χ1) is 9.67. The van der Waals surface area contributed by atoms with Gasteiger partial charge in [-0.25, -0.2) is 0 Å². The smallest absolute Gasteiger partial charge is 0.224 e. The number of furan rings is 1. The van der Waals surface area contributed by atoms with E-state index in [-0.39, 0.29) is 11.9 Å². The summed E-state index contributed by atoms with van der Waals surface area (Å²) in [5, 5.41) is 6.19. The second kappa shape index (κ2) is 5.13. The predicted molar refractivity (Wildman–Crippen MR) is 77.7 cm³/mol. The van der Waals surface area contributed by atoms with Crippen LogP contribution in [-0.2, 0) is 11.2 Å². The van der Waals surface area contributed by atoms with Gasteiger partial charge in [0, 0.05) is 12.1 Å². The molecule has 0 aliphatic carbocycles. The predicted octanol–water partition coefficient (Wildman–Crippen LogP) is 2.78. The molecule has 0 saturated carbocycles. The summed E-state index contributed by atoms with van der Waals surface area (Å²) in [6, 6.07) is 10.2. The van der Waals surface area contributed by atoms with Gasteiger partial charge in [0.05, 0.1) is 6.04 Å². The third-order valence-corrected chi connectivity index (χ3v) is 3.69. The van der Waals surface area contributed by atoms with E-state index in [1.165, 1.54) is 5.56 Å². The van der Waals surface area contributed by atoms with Gasteiger partial charge in [-0.1, -0.05) is 12.1 Å². The van der Waals surface area contributed by atoms with Crippen LogP contribution in [0.25, 0.3) is 0 Å². The Morgan fingerprint density at radius 2 is 2.10 bits per heavy atom. The van der Waals surface area contributed by atoms with Crippen LogP contribution >= 0.6 is 0 Å². The summed E-state index contributed by atoms with van der Waals surface area (Å²) in [4.78, 5) is 11.4. The number of nitrogens with one attached hydrogen (secondary N) is 2. The lowest BCUT2D eigenvalue weighted by molar-refractivity contribution is -0.116. The minimum Gasteiger partial charge on any atom is -0.464 e. The summed E-state index contributed by atoms with van der Waals surface area (Å²) in [6.45, 7) is 1.94. The summed E-state index contributed by atoms with van der Waals surface area (Å²) in [7, 11) is 1.92. The lowest BCUT2D eigenvalue weighted by atomic mass is 9.96. The van der Waals surface area contributed by atoms with Crippen molar-refractivity contribution in [3.63, 3.8) is 0 Å². The highest BCUT2D eigenvalue weighted by molar-refractivity contribution is 5.93. The average molecular weight is 270 g/mol. The Balaban J connectivity index is 1.95. The summed E-state index contributed by atoms with van der Waals surface area (Å²) in [5.41, 5.74) is 3.26. The number of hydrogen-bond acceptors (Lipinski definition) is 3. The fourth-order valence-electron chi connectivity index (χ4n) is 2.66. The first-order valence-electron chi connectivity index (χ1n) is 6.83. The number of carbonyl (C=O) groups is 1. The lowest BCUT2D eigenvalue weighted by Gasteiger charge is -2.20. The number of hydrogen-bond donors (Lipinski definition) is 2. The third kappa shape index (κ3) is 2.34. The maximum atomic E-state index is 11.4. The van der Waals surface area contributed by atoms with E-state index in [1.807, 2.05) is 38.2 Å². The monoisotopic (exact) mass is 270 g/mol. The molecule has 0 saturated heterocycles. The Morgan fingerprint density at radius 3 is 2.80 bits per heavy atom. The Bertz CT molecular complexity index is 646. The molecule has 1 aromatic heterocycles. The Morgan fingerprint density at radius 1 is 1.25 bits per heavy atom. The van der Waals surface area contributed by atoms with Crippen molar-refractivity contribution in [2.24, 2.45) is 0 Å². The van der Waals surface area contributed by atoms with Gasteiger partial charge in [0.25, 0.3) is 0 Å². The first kappa shape index (κ1) is 12.9. The highest BCUT2D eigenvalue weighted by Crippen LogP contribution is 2.29. The topological polar surface area (TPSA) is 54.3 Å². The molecule has 1 aliphatic heterocycles. The second-order valence-corrected chi connectivity index (χ2v) is 5.13. The van der Waals surface area contributed by atoms with Crippen LogP contribution in [-0.4, -0.2) is 13.0 Å². The van der Waals surface area contributed by atoms with Gasteiger partial charge in [-0.05, 0) is 49.7 Å². The zero-order chi connectivity index (χ0) is 14.1. The van der Waals surface area contributed by atoms with Crippen LogP contribution in [0.2, 0.25) is 0 Å². The molecule has 1 atom stereocenters. The van der Waals surface area contributed by atoms with Gasteiger partial charge in [-0.2, -0.15) is 0 Å². The van der Waals surface area contributed by atoms with Crippen LogP contribution in [0, 0.1) is 6.92 Å². The molecular weight excluding hydrogens is 252 g/mol. The maximum Gasteiger partial charge on any atom is 0.224 e. The summed E-state index contributed by atoms with van der Waals surface area (Å²) in [6.07, 6.45) is 1.35. The molecule has 1 amide bonds. The van der Waals surface area contributed by atoms with Crippen LogP contribution in [0.15, 0.2) is 34.7 Å². The number of benzene rings is 1. The molecule has 4 nitrogen and oxygen atoms in total. The second-order valence-electron chi connectivity index (χ2n) is 5.13. The lowest BCUT2D eigenvalue weighted by Crippen LogP contribution is -2.21. The number of rotatable bonds is 3. The Labute approximate surface area is 118 Å². The maximum absolute atomic E-state index is 11.4. The van der Waals surface area contributed by atoms with E-state index in [0.717, 1.165) is 29.2 Å². The number of anilines is 1. The molecule has 2 N–H and O–H groups in total. The van der Waals surface area contributed by atoms with Crippen molar-refractivity contribution in [3.8, 4) is 0 Å². The number of amides is 1. The third-order valence-electron chi connectivity index (χ3n) is 3.69. The molecule has 0 radical (unpaired) electrons. The minimum absolute atomic E-state index is 0.0339. The van der Waals surface area contributed by atoms with E-state index in [2.05, 4.69) is 16.7 Å². The number of carbonyl (C=O) groups excluding carboxylic acids is 1. The molecule has 1 unspecified atom stereocenters. The van der Waals surface area contributed by atoms with Crippen LogP contribution in [0.1, 0.15) is 35.1 Å². The normalized spacial score (nSPS) is 15.6. The minimum atomic E-state index is 0.0339. The van der Waals surface area contributed by atoms with Crippen molar-refractivity contribution in [1.29, 1.82) is 0 Å². The molecule has 0 fully saturated rings. The van der Waals surface area contributed by atoms with Crippen molar-refractivity contribution >= 4 is 11.6 Å². The fourth-order valence-corrected chi connectivity index (χ4v) is 2.66. The van der Waals surface area contributed by atoms with E-state index in [1.54, 1.807) is 0 Å². The Hall–Kier alpha value is -2.07. The molecule has 2 heterocycles. The number of aryl methyl sites for hydroxylation is 2. The van der Waals surface area contributed by atoms with Crippen molar-refractivity contribution in [2.45, 2.75) is 25.8 Å². The van der Waals surface area contributed by atoms with Gasteiger partial charge in [-0.3, -0.25) is 4.79 Å². The summed E-state index contributed by atoms with van der Waals surface area (Å²) >= 11 is 0. The molecule has 20 heavy (non-hydrogen) atoms. The standard InChI is InChI=1S/C16H18N2O2/c1-10-3-7-14(20-10)16(17-2)12-4-6-13-11(9-12)5-8-15(19)18-13/h3-4,6-7,9,16-17H,5,8H2,1-2H3,(H,18,19). The largest absolute Gasteiger partial charge is 0.464 e. The van der Waals surface area contributed by atoms with E-state index in [9.17, 15) is 4.79 Å². The molecule has 0 bridgehead atoms. The van der Waals surface area contributed by atoms with Crippen molar-refractivity contribution < 1.29 is 9.21 Å². The zero-order valence-electron chi connectivity index (χ0n) is 11.7. The average Bonchev–Trinajstić information content (AvgIpc) is 2.86. The van der Waals surface area contributed by atoms with Crippen LogP contribution in [0.3, 0.4) is 0 Å². The SMILES string of the molecule is CNC(c1ccc2c(c1)CCC(=O)N2)c1ccc(C)o1. The molecule has 3 rings (SSSR count). The van der Waals surface area contributed by atoms with Gasteiger partial charge < -0.3 is 15.1 Å². The molecule has 1 aliphatic rings. The van der Waals surface area contributed by atoms with E-state index in [0.29, 0.717) is 6.42 Å². The molecule has 0 spiro atoms. The van der Waals surface area contributed by atoms with Crippen LogP contribution in [0.5, 0.6) is 0 Å². The van der Waals surface area contributed by atoms with Crippen molar-refractivity contribution in [2.75, 3.05) is 12.4 Å².